The summed E-state index contributed by atoms with van der Waals surface area (Å²) in [4.78, 5) is 15.3. The van der Waals surface area contributed by atoms with Crippen molar-refractivity contribution in [2.24, 2.45) is 284 Å². The van der Waals surface area contributed by atoms with Crippen LogP contribution in [0.25, 0.3) is 0 Å². The summed E-state index contributed by atoms with van der Waals surface area (Å²) in [6, 6.07) is 0. The molecule has 0 spiro atoms. The van der Waals surface area contributed by atoms with Crippen molar-refractivity contribution in [3.05, 3.63) is 12.2 Å². The number of allylic oxidation sites excluding steroid dienone is 1. The van der Waals surface area contributed by atoms with Crippen molar-refractivity contribution in [3.8, 4) is 0 Å². The van der Waals surface area contributed by atoms with E-state index in [4.69, 9.17) is 6.58 Å². The molecule has 0 amide bonds. The van der Waals surface area contributed by atoms with Crippen LogP contribution in [0.3, 0.4) is 0 Å². The van der Waals surface area contributed by atoms with E-state index in [0.29, 0.717) is 23.7 Å². The molecule has 18 aliphatic rings. The van der Waals surface area contributed by atoms with Gasteiger partial charge in [0.15, 0.2) is 0 Å². The summed E-state index contributed by atoms with van der Waals surface area (Å²) in [6.45, 7) is 45.6. The van der Waals surface area contributed by atoms with Crippen molar-refractivity contribution in [1.82, 2.24) is 0 Å². The molecule has 48 unspecified atom stereocenters. The molecule has 18 fully saturated rings. The van der Waals surface area contributed by atoms with Crippen LogP contribution in [0.4, 0.5) is 0 Å². The fraction of sp³-hybridized carbons (Fsp3) is 0.957. The summed E-state index contributed by atoms with van der Waals surface area (Å²) in [7, 11) is 0. The third-order valence-corrected chi connectivity index (χ3v) is 34.9. The van der Waals surface area contributed by atoms with Gasteiger partial charge in [-0.05, 0) is 298 Å². The molecule has 70 heavy (non-hydrogen) atoms. The van der Waals surface area contributed by atoms with Gasteiger partial charge in [0.1, 0.15) is 5.78 Å². The second kappa shape index (κ2) is 13.2. The zero-order valence-corrected chi connectivity index (χ0v) is 46.7. The predicted molar refractivity (Wildman–Crippen MR) is 280 cm³/mol. The van der Waals surface area contributed by atoms with E-state index in [1.807, 2.05) is 0 Å². The largest absolute Gasteiger partial charge is 0.299 e. The fourth-order valence-corrected chi connectivity index (χ4v) is 34.6. The molecule has 1 nitrogen and oxygen atoms in total. The molecular weight excluding hydrogens is 845 g/mol. The molecule has 18 saturated carbocycles. The summed E-state index contributed by atoms with van der Waals surface area (Å²) in [5, 5.41) is 0. The Morgan fingerprint density at radius 2 is 0.443 bits per heavy atom. The number of Topliss-reactive ketones (excluding diaryl/α,β-unsaturated/α-hetero) is 1. The molecule has 1 heteroatoms. The highest BCUT2D eigenvalue weighted by Gasteiger charge is 2.85. The van der Waals surface area contributed by atoms with Gasteiger partial charge in [0, 0.05) is 11.8 Å². The van der Waals surface area contributed by atoms with Gasteiger partial charge in [-0.1, -0.05) is 109 Å². The summed E-state index contributed by atoms with van der Waals surface area (Å²) >= 11 is 0. The zero-order valence-electron chi connectivity index (χ0n) is 46.7. The van der Waals surface area contributed by atoms with Crippen molar-refractivity contribution in [3.63, 3.8) is 0 Å². The van der Waals surface area contributed by atoms with Crippen LogP contribution in [-0.4, -0.2) is 5.78 Å². The van der Waals surface area contributed by atoms with E-state index in [0.717, 1.165) is 266 Å². The molecule has 0 saturated heterocycles. The molecule has 0 aromatic rings. The number of hydrogen-bond donors (Lipinski definition) is 0. The maximum Gasteiger partial charge on any atom is 0.139 e. The van der Waals surface area contributed by atoms with Crippen LogP contribution in [0, 0.1) is 284 Å². The summed E-state index contributed by atoms with van der Waals surface area (Å²) in [5.74, 6) is 43.1. The first-order chi connectivity index (χ1) is 33.5. The average molecular weight is 946 g/mol. The fourth-order valence-electron chi connectivity index (χ4n) is 34.6. The third-order valence-electron chi connectivity index (χ3n) is 34.9. The molecule has 0 bridgehead atoms. The molecule has 0 aromatic heterocycles. The topological polar surface area (TPSA) is 17.1 Å². The normalized spacial score (nSPS) is 77.1. The Morgan fingerprint density at radius 3 is 0.857 bits per heavy atom. The average Bonchev–Trinajstić information content (AvgIpc) is 3.77. The summed E-state index contributed by atoms with van der Waals surface area (Å²) in [5.41, 5.74) is 1.80. The Morgan fingerprint density at radius 1 is 0.229 bits per heavy atom. The van der Waals surface area contributed by atoms with Crippen molar-refractivity contribution < 1.29 is 4.79 Å². The standard InChI is InChI=1S/C69H100O/c1-20-16-35-30(11)36-18-22(3)39-47-28(9)26(7)41-32(13)44-34(15)50-46-25(6)21(2)17-37-53(46)54-38(69(37)70)19-23(4)40-48-29(10)27(8)42-31(12)43-33(14)49-45(24(20)5)51(35)52(36)55(39)63(49)67-59(43)65-58(42)62(48)68(64(50)56(40)54)60(44)66(65)57(41)61(47)67/h20-29,31-68H,11,16-19H2,1-10,12-15H3. The van der Waals surface area contributed by atoms with Crippen LogP contribution in [-0.2, 0) is 4.79 Å². The first-order valence-electron chi connectivity index (χ1n) is 32.7. The zero-order chi connectivity index (χ0) is 47.7. The third kappa shape index (κ3) is 4.16. The van der Waals surface area contributed by atoms with E-state index < -0.39 is 0 Å². The SMILES string of the molecule is C=C1C2CC(C)C(C)C3C2C2C1CC(C)C1C4C(C)C(C)C5C(C)C6C(C)C7C8C(C)C(C)CC9C(=O)C%10CC(C)C%11C%12C(C)C(C)C%13C(C)C%14C(C)C3C(C12)C1C%14C2C%13C%12C(C6C2C5C41)C7C%11C%10C98. The number of rotatable bonds is 0. The number of fused-ring (bicyclic) bond motifs is 4. The molecule has 18 rings (SSSR count). The van der Waals surface area contributed by atoms with E-state index in [1.54, 1.807) is 5.57 Å². The maximum absolute atomic E-state index is 15.3. The van der Waals surface area contributed by atoms with E-state index in [-0.39, 0.29) is 0 Å². The minimum Gasteiger partial charge on any atom is -0.299 e. The molecule has 382 valence electrons. The Hall–Kier alpha value is -0.590. The maximum atomic E-state index is 15.3. The Labute approximate surface area is 427 Å². The lowest BCUT2D eigenvalue weighted by Crippen LogP contribution is -2.82. The van der Waals surface area contributed by atoms with Crippen molar-refractivity contribution in [2.75, 3.05) is 0 Å². The van der Waals surface area contributed by atoms with Crippen molar-refractivity contribution in [2.45, 2.75) is 123 Å². The molecule has 0 radical (unpaired) electrons. The van der Waals surface area contributed by atoms with E-state index >= 15 is 4.79 Å². The Kier molecular flexibility index (Phi) is 8.21. The van der Waals surface area contributed by atoms with Crippen LogP contribution >= 0.6 is 0 Å². The van der Waals surface area contributed by atoms with E-state index in [9.17, 15) is 0 Å². The van der Waals surface area contributed by atoms with Gasteiger partial charge < -0.3 is 0 Å². The van der Waals surface area contributed by atoms with Gasteiger partial charge in [0.25, 0.3) is 0 Å². The predicted octanol–water partition coefficient (Wildman–Crippen LogP) is 14.8. The number of carbonyl (C=O) groups excluding carboxylic acids is 1. The lowest BCUT2D eigenvalue weighted by molar-refractivity contribution is -0.391. The lowest BCUT2D eigenvalue weighted by atomic mass is 9.19. The first kappa shape index (κ1) is 43.5. The van der Waals surface area contributed by atoms with Gasteiger partial charge in [-0.15, -0.1) is 0 Å². The van der Waals surface area contributed by atoms with Gasteiger partial charge >= 0.3 is 0 Å². The molecule has 0 aliphatic heterocycles. The summed E-state index contributed by atoms with van der Waals surface area (Å²) in [6.07, 6.45) is 5.45. The molecule has 18 aliphatic carbocycles. The van der Waals surface area contributed by atoms with Crippen molar-refractivity contribution >= 4 is 5.78 Å². The van der Waals surface area contributed by atoms with Gasteiger partial charge in [-0.2, -0.15) is 0 Å². The van der Waals surface area contributed by atoms with Gasteiger partial charge in [0.2, 0.25) is 0 Å². The van der Waals surface area contributed by atoms with Gasteiger partial charge in [-0.3, -0.25) is 4.79 Å². The smallest absolute Gasteiger partial charge is 0.139 e. The van der Waals surface area contributed by atoms with Crippen LogP contribution < -0.4 is 0 Å². The highest BCUT2D eigenvalue weighted by Crippen LogP contribution is 2.89. The second-order valence-electron chi connectivity index (χ2n) is 34.2. The first-order valence-corrected chi connectivity index (χ1v) is 32.7. The second-order valence-corrected chi connectivity index (χ2v) is 34.2. The minimum absolute atomic E-state index is 0.395. The Bertz CT molecular complexity index is 2180. The molecule has 0 aromatic carbocycles. The molecule has 48 atom stereocenters. The van der Waals surface area contributed by atoms with Gasteiger partial charge in [0.05, 0.1) is 0 Å². The van der Waals surface area contributed by atoms with E-state index in [2.05, 4.69) is 96.9 Å². The Balaban J connectivity index is 0.903. The molecule has 0 heterocycles. The number of ketones is 1. The highest BCUT2D eigenvalue weighted by molar-refractivity contribution is 5.87. The lowest BCUT2D eigenvalue weighted by Gasteiger charge is -2.86. The monoisotopic (exact) mass is 945 g/mol. The highest BCUT2D eigenvalue weighted by atomic mass is 16.1. The van der Waals surface area contributed by atoms with E-state index in [1.165, 1.54) is 25.7 Å². The minimum atomic E-state index is 0.395. The quantitative estimate of drug-likeness (QED) is 0.221. The molecular formula is C69H100O. The van der Waals surface area contributed by atoms with Crippen LogP contribution in [0.1, 0.15) is 123 Å². The molecule has 0 N–H and O–H groups in total. The van der Waals surface area contributed by atoms with Crippen LogP contribution in [0.15, 0.2) is 12.2 Å². The van der Waals surface area contributed by atoms with Crippen molar-refractivity contribution in [1.29, 1.82) is 0 Å². The van der Waals surface area contributed by atoms with Crippen LogP contribution in [0.5, 0.6) is 0 Å². The number of carbonyl (C=O) groups is 1. The van der Waals surface area contributed by atoms with Crippen LogP contribution in [0.2, 0.25) is 0 Å². The van der Waals surface area contributed by atoms with Gasteiger partial charge in [-0.25, -0.2) is 0 Å². The summed E-state index contributed by atoms with van der Waals surface area (Å²) < 4.78 is 0. The number of hydrogen-bond acceptors (Lipinski definition) is 1.